The van der Waals surface area contributed by atoms with Gasteiger partial charge in [-0.25, -0.2) is 4.79 Å². The molecule has 4 N–H and O–H groups in total. The second-order valence-electron chi connectivity index (χ2n) is 6.84. The first-order valence-electron chi connectivity index (χ1n) is 8.93. The second kappa shape index (κ2) is 8.28. The van der Waals surface area contributed by atoms with E-state index in [0.717, 1.165) is 24.4 Å². The molecule has 1 aliphatic heterocycles. The predicted octanol–water partition coefficient (Wildman–Crippen LogP) is 1.57. The van der Waals surface area contributed by atoms with E-state index in [1.807, 2.05) is 0 Å². The molecule has 0 bridgehead atoms. The highest BCUT2D eigenvalue weighted by atomic mass is 19.4. The number of aliphatic hydroxyl groups excluding tert-OH is 1. The van der Waals surface area contributed by atoms with Gasteiger partial charge in [-0.15, -0.1) is 0 Å². The quantitative estimate of drug-likeness (QED) is 0.471. The van der Waals surface area contributed by atoms with Crippen LogP contribution in [0.25, 0.3) is 0 Å². The van der Waals surface area contributed by atoms with Crippen LogP contribution in [0.2, 0.25) is 0 Å². The number of nitrogen functional groups attached to an aromatic ring is 1. The number of hydrogen-bond donors (Lipinski definition) is 3. The van der Waals surface area contributed by atoms with Crippen LogP contribution >= 0.6 is 0 Å². The molecular formula is C18H19F5N4O3. The molecule has 0 saturated carbocycles. The summed E-state index contributed by atoms with van der Waals surface area (Å²) in [4.78, 5) is 15.2. The zero-order valence-electron chi connectivity index (χ0n) is 15.4. The molecule has 1 aliphatic rings. The summed E-state index contributed by atoms with van der Waals surface area (Å²) >= 11 is 0. The van der Waals surface area contributed by atoms with Crippen LogP contribution in [0.15, 0.2) is 41.3 Å². The molecule has 12 heteroatoms. The van der Waals surface area contributed by atoms with Gasteiger partial charge in [0.05, 0.1) is 5.56 Å². The van der Waals surface area contributed by atoms with Crippen molar-refractivity contribution in [3.05, 3.63) is 58.1 Å². The van der Waals surface area contributed by atoms with E-state index in [4.69, 9.17) is 10.5 Å². The molecule has 0 radical (unpaired) electrons. The molecule has 30 heavy (non-hydrogen) atoms. The largest absolute Gasteiger partial charge is 0.416 e. The maximum atomic E-state index is 14.4. The Balaban J connectivity index is 1.56. The Morgan fingerprint density at radius 2 is 1.90 bits per heavy atom. The zero-order chi connectivity index (χ0) is 22.1. The molecule has 2 heterocycles. The number of alkyl halides is 5. The summed E-state index contributed by atoms with van der Waals surface area (Å²) in [7, 11) is 0. The first kappa shape index (κ1) is 22.1. The summed E-state index contributed by atoms with van der Waals surface area (Å²) in [6.45, 7) is 0.0859. The molecule has 0 unspecified atom stereocenters. The molecular weight excluding hydrogens is 415 g/mol. The van der Waals surface area contributed by atoms with Crippen molar-refractivity contribution in [3.8, 4) is 0 Å². The minimum absolute atomic E-state index is 0.139. The van der Waals surface area contributed by atoms with Crippen LogP contribution in [0, 0.1) is 0 Å². The predicted molar refractivity (Wildman–Crippen MR) is 95.8 cm³/mol. The van der Waals surface area contributed by atoms with E-state index in [9.17, 15) is 31.9 Å². The van der Waals surface area contributed by atoms with Crippen molar-refractivity contribution >= 4 is 5.82 Å². The SMILES string of the molecule is Nc1ccn([C@@H]2O[C@H](CNCCc3ccc(C(F)(F)F)cc3)[C@@H](O)C2(F)F)c(=O)n1. The lowest BCUT2D eigenvalue weighted by molar-refractivity contribution is -0.140. The van der Waals surface area contributed by atoms with Crippen LogP contribution in [0.4, 0.5) is 27.8 Å². The van der Waals surface area contributed by atoms with E-state index in [1.165, 1.54) is 12.1 Å². The third-order valence-electron chi connectivity index (χ3n) is 4.70. The average molecular weight is 434 g/mol. The standard InChI is InChI=1S/C18H19F5N4O3/c19-17(20)14(28)12(30-15(17)27-8-6-13(24)26-16(27)29)9-25-7-5-10-1-3-11(4-2-10)18(21,22)23/h1-4,6,8,12,14-15,25,28H,5,7,9H2,(H2,24,26,29)/t12-,14-,15-/m1/s1. The smallest absolute Gasteiger partial charge is 0.384 e. The number of halogens is 5. The lowest BCUT2D eigenvalue weighted by Crippen LogP contribution is -2.43. The number of aliphatic hydroxyl groups is 1. The molecule has 0 aliphatic carbocycles. The summed E-state index contributed by atoms with van der Waals surface area (Å²) in [6.07, 6.45) is -8.61. The molecule has 2 aromatic rings. The van der Waals surface area contributed by atoms with Gasteiger partial charge >= 0.3 is 17.8 Å². The number of aromatic nitrogens is 2. The topological polar surface area (TPSA) is 102 Å². The van der Waals surface area contributed by atoms with E-state index in [0.29, 0.717) is 16.6 Å². The normalized spacial score (nSPS) is 23.6. The second-order valence-corrected chi connectivity index (χ2v) is 6.84. The van der Waals surface area contributed by atoms with Crippen molar-refractivity contribution < 1.29 is 31.8 Å². The van der Waals surface area contributed by atoms with Crippen molar-refractivity contribution in [1.82, 2.24) is 14.9 Å². The molecule has 1 aromatic heterocycles. The van der Waals surface area contributed by atoms with E-state index in [2.05, 4.69) is 10.3 Å². The van der Waals surface area contributed by atoms with E-state index in [1.54, 1.807) is 0 Å². The van der Waals surface area contributed by atoms with Crippen LogP contribution in [0.1, 0.15) is 17.4 Å². The van der Waals surface area contributed by atoms with Gasteiger partial charge in [-0.3, -0.25) is 4.57 Å². The molecule has 7 nitrogen and oxygen atoms in total. The Morgan fingerprint density at radius 1 is 1.23 bits per heavy atom. The third kappa shape index (κ3) is 4.60. The maximum Gasteiger partial charge on any atom is 0.416 e. The summed E-state index contributed by atoms with van der Waals surface area (Å²) in [6, 6.07) is 5.74. The average Bonchev–Trinajstić information content (AvgIpc) is 2.88. The number of ether oxygens (including phenoxy) is 1. The van der Waals surface area contributed by atoms with Gasteiger partial charge in [0.1, 0.15) is 18.0 Å². The van der Waals surface area contributed by atoms with Gasteiger partial charge in [0.15, 0.2) is 0 Å². The summed E-state index contributed by atoms with van der Waals surface area (Å²) in [5, 5.41) is 12.8. The highest BCUT2D eigenvalue weighted by Crippen LogP contribution is 2.42. The molecule has 0 amide bonds. The van der Waals surface area contributed by atoms with Gasteiger partial charge in [0.2, 0.25) is 6.23 Å². The first-order valence-corrected chi connectivity index (χ1v) is 8.93. The van der Waals surface area contributed by atoms with Crippen molar-refractivity contribution in [2.75, 3.05) is 18.8 Å². The van der Waals surface area contributed by atoms with Crippen LogP contribution in [-0.4, -0.2) is 45.9 Å². The zero-order valence-corrected chi connectivity index (χ0v) is 15.4. The van der Waals surface area contributed by atoms with Crippen LogP contribution in [0.3, 0.4) is 0 Å². The van der Waals surface area contributed by atoms with Gasteiger partial charge in [-0.05, 0) is 36.7 Å². The number of rotatable bonds is 6. The number of nitrogens with one attached hydrogen (secondary N) is 1. The van der Waals surface area contributed by atoms with E-state index >= 15 is 0 Å². The van der Waals surface area contributed by atoms with Gasteiger partial charge in [-0.1, -0.05) is 12.1 Å². The van der Waals surface area contributed by atoms with Crippen molar-refractivity contribution in [1.29, 1.82) is 0 Å². The number of benzene rings is 1. The number of nitrogens with zero attached hydrogens (tertiary/aromatic N) is 2. The third-order valence-corrected chi connectivity index (χ3v) is 4.70. The van der Waals surface area contributed by atoms with Crippen LogP contribution < -0.4 is 16.7 Å². The Labute approximate surface area is 167 Å². The lowest BCUT2D eigenvalue weighted by Gasteiger charge is -2.20. The highest BCUT2D eigenvalue weighted by molar-refractivity contribution is 5.25. The Bertz CT molecular complexity index is 933. The summed E-state index contributed by atoms with van der Waals surface area (Å²) < 4.78 is 72.2. The number of nitrogens with two attached hydrogens (primary N) is 1. The molecule has 0 spiro atoms. The minimum Gasteiger partial charge on any atom is -0.384 e. The minimum atomic E-state index is -4.42. The Hall–Kier alpha value is -2.57. The fraction of sp³-hybridized carbons (Fsp3) is 0.444. The Kier molecular flexibility index (Phi) is 6.11. The van der Waals surface area contributed by atoms with E-state index < -0.39 is 41.8 Å². The fourth-order valence-corrected chi connectivity index (χ4v) is 3.08. The summed E-state index contributed by atoms with van der Waals surface area (Å²) in [5.74, 6) is -3.89. The Morgan fingerprint density at radius 3 is 2.50 bits per heavy atom. The van der Waals surface area contributed by atoms with Crippen molar-refractivity contribution in [2.45, 2.75) is 37.0 Å². The molecule has 3 rings (SSSR count). The maximum absolute atomic E-state index is 14.4. The summed E-state index contributed by atoms with van der Waals surface area (Å²) in [5.41, 5.74) is 4.15. The molecule has 1 saturated heterocycles. The number of anilines is 1. The van der Waals surface area contributed by atoms with Gasteiger partial charge < -0.3 is 20.9 Å². The van der Waals surface area contributed by atoms with Crippen molar-refractivity contribution in [3.63, 3.8) is 0 Å². The van der Waals surface area contributed by atoms with Gasteiger partial charge in [0, 0.05) is 12.7 Å². The highest BCUT2D eigenvalue weighted by Gasteiger charge is 2.59. The lowest BCUT2D eigenvalue weighted by atomic mass is 10.1. The van der Waals surface area contributed by atoms with Crippen LogP contribution in [0.5, 0.6) is 0 Å². The van der Waals surface area contributed by atoms with E-state index in [-0.39, 0.29) is 18.9 Å². The van der Waals surface area contributed by atoms with Gasteiger partial charge in [0.25, 0.3) is 0 Å². The van der Waals surface area contributed by atoms with Crippen LogP contribution in [-0.2, 0) is 17.3 Å². The first-order chi connectivity index (χ1) is 14.0. The monoisotopic (exact) mass is 434 g/mol. The molecule has 1 aromatic carbocycles. The van der Waals surface area contributed by atoms with Gasteiger partial charge in [-0.2, -0.15) is 26.9 Å². The number of hydrogen-bond acceptors (Lipinski definition) is 6. The molecule has 3 atom stereocenters. The molecule has 164 valence electrons. The fourth-order valence-electron chi connectivity index (χ4n) is 3.08. The van der Waals surface area contributed by atoms with Crippen molar-refractivity contribution in [2.24, 2.45) is 0 Å². The molecule has 1 fully saturated rings.